The predicted octanol–water partition coefficient (Wildman–Crippen LogP) is 1.39. The Morgan fingerprint density at radius 3 is 2.78 bits per heavy atom. The van der Waals surface area contributed by atoms with Crippen LogP contribution < -0.4 is 4.74 Å². The second-order valence-electron chi connectivity index (χ2n) is 4.63. The van der Waals surface area contributed by atoms with Crippen molar-refractivity contribution in [1.82, 2.24) is 4.90 Å². The molecule has 1 N–H and O–H groups in total. The molecule has 1 aliphatic rings. The molecule has 2 rings (SSSR count). The second-order valence-corrected chi connectivity index (χ2v) is 4.63. The van der Waals surface area contributed by atoms with Crippen molar-refractivity contribution in [3.05, 3.63) is 29.8 Å². The van der Waals surface area contributed by atoms with E-state index in [-0.39, 0.29) is 0 Å². The van der Waals surface area contributed by atoms with Gasteiger partial charge in [0.1, 0.15) is 11.5 Å². The van der Waals surface area contributed by atoms with Gasteiger partial charge in [0.2, 0.25) is 0 Å². The van der Waals surface area contributed by atoms with Crippen molar-refractivity contribution in [2.24, 2.45) is 0 Å². The first kappa shape index (κ1) is 13.1. The van der Waals surface area contributed by atoms with E-state index >= 15 is 0 Å². The third kappa shape index (κ3) is 3.31. The number of hydrogen-bond acceptors (Lipinski definition) is 4. The van der Waals surface area contributed by atoms with Crippen molar-refractivity contribution in [1.29, 1.82) is 0 Å². The van der Waals surface area contributed by atoms with Crippen LogP contribution in [0.1, 0.15) is 24.5 Å². The third-order valence-electron chi connectivity index (χ3n) is 3.32. The first-order chi connectivity index (χ1) is 8.69. The van der Waals surface area contributed by atoms with Crippen LogP contribution in [0.15, 0.2) is 24.3 Å². The molecular formula is C14H19NO3. The number of rotatable bonds is 4. The topological polar surface area (TPSA) is 49.8 Å². The number of β-amino-alcohol motifs (C(OH)–C–C–N with tert-alkyl or cyclic N) is 1. The molecule has 1 unspecified atom stereocenters. The van der Waals surface area contributed by atoms with E-state index in [9.17, 15) is 9.90 Å². The summed E-state index contributed by atoms with van der Waals surface area (Å²) in [6.45, 7) is 2.07. The molecule has 1 aliphatic heterocycles. The molecule has 1 heterocycles. The zero-order valence-electron chi connectivity index (χ0n) is 10.6. The molecule has 1 atom stereocenters. The molecule has 0 radical (unpaired) electrons. The maximum absolute atomic E-state index is 11.1. The predicted molar refractivity (Wildman–Crippen MR) is 68.6 cm³/mol. The number of likely N-dealkylation sites (tertiary alicyclic amines) is 1. The van der Waals surface area contributed by atoms with Crippen LogP contribution in [-0.2, 0) is 4.79 Å². The number of ether oxygens (including phenoxy) is 1. The van der Waals surface area contributed by atoms with E-state index in [0.29, 0.717) is 25.2 Å². The number of aliphatic hydroxyl groups is 1. The van der Waals surface area contributed by atoms with Gasteiger partial charge in [-0.05, 0) is 17.7 Å². The van der Waals surface area contributed by atoms with Crippen molar-refractivity contribution in [2.45, 2.75) is 18.9 Å². The van der Waals surface area contributed by atoms with Gasteiger partial charge in [0.15, 0.2) is 0 Å². The van der Waals surface area contributed by atoms with Crippen molar-refractivity contribution in [2.75, 3.05) is 26.7 Å². The quantitative estimate of drug-likeness (QED) is 0.876. The standard InChI is InChI=1S/C14H19NO3/c1-18-13-4-2-3-11(9-13)14(17)10-15-7-5-12(16)6-8-15/h2-4,9,14,17H,5-8,10H2,1H3. The lowest BCUT2D eigenvalue weighted by molar-refractivity contribution is -0.121. The van der Waals surface area contributed by atoms with Crippen LogP contribution >= 0.6 is 0 Å². The number of nitrogens with zero attached hydrogens (tertiary/aromatic N) is 1. The number of ketones is 1. The molecule has 0 saturated carbocycles. The van der Waals surface area contributed by atoms with Crippen molar-refractivity contribution < 1.29 is 14.6 Å². The summed E-state index contributed by atoms with van der Waals surface area (Å²) >= 11 is 0. The van der Waals surface area contributed by atoms with Crippen LogP contribution in [0.25, 0.3) is 0 Å². The Kier molecular flexibility index (Phi) is 4.33. The van der Waals surface area contributed by atoms with Crippen LogP contribution in [0.3, 0.4) is 0 Å². The summed E-state index contributed by atoms with van der Waals surface area (Å²) in [6.07, 6.45) is 0.670. The molecule has 1 fully saturated rings. The Labute approximate surface area is 107 Å². The first-order valence-corrected chi connectivity index (χ1v) is 6.25. The Balaban J connectivity index is 1.94. The average Bonchev–Trinajstić information content (AvgIpc) is 2.41. The molecule has 98 valence electrons. The fraction of sp³-hybridized carbons (Fsp3) is 0.500. The van der Waals surface area contributed by atoms with Gasteiger partial charge in [-0.3, -0.25) is 9.69 Å². The van der Waals surface area contributed by atoms with E-state index in [4.69, 9.17) is 4.74 Å². The largest absolute Gasteiger partial charge is 0.497 e. The molecule has 1 saturated heterocycles. The van der Waals surface area contributed by atoms with Gasteiger partial charge in [0, 0.05) is 32.5 Å². The van der Waals surface area contributed by atoms with Crippen LogP contribution in [-0.4, -0.2) is 42.5 Å². The molecule has 1 aromatic carbocycles. The van der Waals surface area contributed by atoms with Gasteiger partial charge >= 0.3 is 0 Å². The summed E-state index contributed by atoms with van der Waals surface area (Å²) in [5.41, 5.74) is 0.853. The lowest BCUT2D eigenvalue weighted by Crippen LogP contribution is -2.36. The molecular weight excluding hydrogens is 230 g/mol. The van der Waals surface area contributed by atoms with Gasteiger partial charge in [-0.2, -0.15) is 0 Å². The normalized spacial score (nSPS) is 18.7. The van der Waals surface area contributed by atoms with Gasteiger partial charge in [-0.15, -0.1) is 0 Å². The van der Waals surface area contributed by atoms with Gasteiger partial charge in [0.25, 0.3) is 0 Å². The zero-order chi connectivity index (χ0) is 13.0. The molecule has 4 heteroatoms. The van der Waals surface area contributed by atoms with E-state index in [1.165, 1.54) is 0 Å². The maximum atomic E-state index is 11.1. The fourth-order valence-electron chi connectivity index (χ4n) is 2.18. The number of carbonyl (C=O) groups is 1. The highest BCUT2D eigenvalue weighted by atomic mass is 16.5. The second kappa shape index (κ2) is 5.98. The van der Waals surface area contributed by atoms with Gasteiger partial charge in [-0.25, -0.2) is 0 Å². The monoisotopic (exact) mass is 249 g/mol. The number of hydrogen-bond donors (Lipinski definition) is 1. The van der Waals surface area contributed by atoms with Crippen molar-refractivity contribution >= 4 is 5.78 Å². The highest BCUT2D eigenvalue weighted by Gasteiger charge is 2.19. The van der Waals surface area contributed by atoms with E-state index in [1.807, 2.05) is 24.3 Å². The minimum Gasteiger partial charge on any atom is -0.497 e. The number of carbonyl (C=O) groups excluding carboxylic acids is 1. The molecule has 0 aromatic heterocycles. The van der Waals surface area contributed by atoms with E-state index < -0.39 is 6.10 Å². The summed E-state index contributed by atoms with van der Waals surface area (Å²) in [5.74, 6) is 1.07. The Hall–Kier alpha value is -1.39. The number of piperidine rings is 1. The molecule has 4 nitrogen and oxygen atoms in total. The fourth-order valence-corrected chi connectivity index (χ4v) is 2.18. The minimum atomic E-state index is -0.534. The van der Waals surface area contributed by atoms with Crippen LogP contribution in [0.5, 0.6) is 5.75 Å². The highest BCUT2D eigenvalue weighted by molar-refractivity contribution is 5.79. The van der Waals surface area contributed by atoms with Gasteiger partial charge in [0.05, 0.1) is 13.2 Å². The van der Waals surface area contributed by atoms with E-state index in [0.717, 1.165) is 24.4 Å². The Bertz CT molecular complexity index is 409. The van der Waals surface area contributed by atoms with Gasteiger partial charge < -0.3 is 9.84 Å². The van der Waals surface area contributed by atoms with E-state index in [1.54, 1.807) is 7.11 Å². The van der Waals surface area contributed by atoms with Crippen LogP contribution in [0, 0.1) is 0 Å². The van der Waals surface area contributed by atoms with Crippen molar-refractivity contribution in [3.63, 3.8) is 0 Å². The van der Waals surface area contributed by atoms with E-state index in [2.05, 4.69) is 4.90 Å². The number of Topliss-reactive ketones (excluding diaryl/α,β-unsaturated/α-hetero) is 1. The number of methoxy groups -OCH3 is 1. The summed E-state index contributed by atoms with van der Waals surface area (Å²) in [5, 5.41) is 10.2. The first-order valence-electron chi connectivity index (χ1n) is 6.25. The minimum absolute atomic E-state index is 0.321. The molecule has 0 aliphatic carbocycles. The average molecular weight is 249 g/mol. The SMILES string of the molecule is COc1cccc(C(O)CN2CCC(=O)CC2)c1. The molecule has 0 bridgehead atoms. The lowest BCUT2D eigenvalue weighted by Gasteiger charge is -2.28. The third-order valence-corrected chi connectivity index (χ3v) is 3.32. The smallest absolute Gasteiger partial charge is 0.135 e. The van der Waals surface area contributed by atoms with Crippen LogP contribution in [0.4, 0.5) is 0 Å². The van der Waals surface area contributed by atoms with Gasteiger partial charge in [-0.1, -0.05) is 12.1 Å². The highest BCUT2D eigenvalue weighted by Crippen LogP contribution is 2.20. The summed E-state index contributed by atoms with van der Waals surface area (Å²) in [7, 11) is 1.61. The lowest BCUT2D eigenvalue weighted by atomic mass is 10.1. The molecule has 18 heavy (non-hydrogen) atoms. The number of benzene rings is 1. The molecule has 0 amide bonds. The number of aliphatic hydroxyl groups excluding tert-OH is 1. The zero-order valence-corrected chi connectivity index (χ0v) is 10.6. The van der Waals surface area contributed by atoms with Crippen molar-refractivity contribution in [3.8, 4) is 5.75 Å². The molecule has 0 spiro atoms. The Morgan fingerprint density at radius 1 is 1.39 bits per heavy atom. The summed E-state index contributed by atoms with van der Waals surface area (Å²) < 4.78 is 5.14. The summed E-state index contributed by atoms with van der Waals surface area (Å²) in [4.78, 5) is 13.3. The Morgan fingerprint density at radius 2 is 2.11 bits per heavy atom. The summed E-state index contributed by atoms with van der Waals surface area (Å²) in [6, 6.07) is 7.47. The van der Waals surface area contributed by atoms with Crippen LogP contribution in [0.2, 0.25) is 0 Å². The molecule has 1 aromatic rings. The maximum Gasteiger partial charge on any atom is 0.135 e.